The van der Waals surface area contributed by atoms with E-state index in [-0.39, 0.29) is 6.10 Å². The molecule has 1 unspecified atom stereocenters. The summed E-state index contributed by atoms with van der Waals surface area (Å²) in [6, 6.07) is 8.01. The number of likely N-dealkylation sites (tertiary alicyclic amines) is 1. The highest BCUT2D eigenvalue weighted by Crippen LogP contribution is 2.45. The molecule has 41 heavy (non-hydrogen) atoms. The first-order chi connectivity index (χ1) is 19.7. The van der Waals surface area contributed by atoms with Crippen LogP contribution < -0.4 is 4.74 Å². The number of unbranched alkanes of at least 4 members (excludes halogenated alkanes) is 1. The van der Waals surface area contributed by atoms with Gasteiger partial charge in [-0.2, -0.15) is 0 Å². The number of benzene rings is 1. The zero-order chi connectivity index (χ0) is 29.0. The number of methoxy groups -OCH3 is 1. The second-order valence-corrected chi connectivity index (χ2v) is 13.5. The summed E-state index contributed by atoms with van der Waals surface area (Å²) in [5.41, 5.74) is 7.41. The predicted octanol–water partition coefficient (Wildman–Crippen LogP) is 7.20. The van der Waals surface area contributed by atoms with E-state index in [9.17, 15) is 9.90 Å². The van der Waals surface area contributed by atoms with Gasteiger partial charge in [0.05, 0.1) is 13.2 Å². The molecule has 2 aliphatic carbocycles. The molecule has 2 aromatic rings. The van der Waals surface area contributed by atoms with Gasteiger partial charge < -0.3 is 14.6 Å². The fraction of sp³-hybridized carbons (Fsp3) is 0.657. The molecule has 2 atom stereocenters. The van der Waals surface area contributed by atoms with E-state index >= 15 is 0 Å². The Morgan fingerprint density at radius 3 is 2.66 bits per heavy atom. The standard InChI is InChI=1S/C35H50N2O4/c1-24-12-13-28(25-14-17-35(2,3)18-15-25)30(21-24)33(34(38)39)37-19-16-27(23-37)41-20-8-7-9-26-22-32(40-4)29-10-5-6-11-31(29)36-26/h12-13,21-22,25,27,33H,5-11,14-20,23H2,1-4H3,(H,38,39)/t27-,33?/m1/s1. The zero-order valence-corrected chi connectivity index (χ0v) is 25.7. The van der Waals surface area contributed by atoms with Crippen molar-refractivity contribution in [2.45, 2.75) is 116 Å². The van der Waals surface area contributed by atoms with E-state index < -0.39 is 12.0 Å². The summed E-state index contributed by atoms with van der Waals surface area (Å²) in [5, 5.41) is 10.4. The Balaban J connectivity index is 1.15. The third-order valence-corrected chi connectivity index (χ3v) is 9.80. The summed E-state index contributed by atoms with van der Waals surface area (Å²) in [5.74, 6) is 0.699. The van der Waals surface area contributed by atoms with E-state index in [2.05, 4.69) is 49.9 Å². The van der Waals surface area contributed by atoms with Crippen molar-refractivity contribution in [1.29, 1.82) is 0 Å². The topological polar surface area (TPSA) is 71.9 Å². The maximum Gasteiger partial charge on any atom is 0.325 e. The summed E-state index contributed by atoms with van der Waals surface area (Å²) in [6.07, 6.45) is 13.1. The normalized spacial score (nSPS) is 21.9. The van der Waals surface area contributed by atoms with Gasteiger partial charge >= 0.3 is 5.97 Å². The molecule has 5 rings (SSSR count). The molecule has 3 aliphatic rings. The fourth-order valence-corrected chi connectivity index (χ4v) is 7.31. The Morgan fingerprint density at radius 1 is 1.12 bits per heavy atom. The predicted molar refractivity (Wildman–Crippen MR) is 163 cm³/mol. The third-order valence-electron chi connectivity index (χ3n) is 9.80. The molecule has 0 spiro atoms. The number of aliphatic carboxylic acids is 1. The molecule has 0 bridgehead atoms. The second kappa shape index (κ2) is 13.2. The first kappa shape index (κ1) is 30.0. The van der Waals surface area contributed by atoms with Gasteiger partial charge in [0.15, 0.2) is 0 Å². The molecular formula is C35H50N2O4. The highest BCUT2D eigenvalue weighted by molar-refractivity contribution is 5.76. The minimum Gasteiger partial charge on any atom is -0.496 e. The maximum atomic E-state index is 12.7. The van der Waals surface area contributed by atoms with Gasteiger partial charge in [-0.1, -0.05) is 37.6 Å². The molecule has 1 saturated carbocycles. The molecule has 0 radical (unpaired) electrons. The average Bonchev–Trinajstić information content (AvgIpc) is 3.41. The Kier molecular flexibility index (Phi) is 9.70. The number of nitrogens with zero attached hydrogens (tertiary/aromatic N) is 2. The number of hydrogen-bond acceptors (Lipinski definition) is 5. The van der Waals surface area contributed by atoms with Gasteiger partial charge in [0, 0.05) is 42.7 Å². The van der Waals surface area contributed by atoms with Gasteiger partial charge in [-0.15, -0.1) is 0 Å². The van der Waals surface area contributed by atoms with E-state index in [0.29, 0.717) is 24.5 Å². The highest BCUT2D eigenvalue weighted by atomic mass is 16.5. The summed E-state index contributed by atoms with van der Waals surface area (Å²) in [4.78, 5) is 19.8. The molecule has 1 aromatic heterocycles. The van der Waals surface area contributed by atoms with Crippen LogP contribution in [0.1, 0.15) is 117 Å². The Hall–Kier alpha value is -2.44. The molecule has 2 fully saturated rings. The number of pyridine rings is 1. The SMILES string of the molecule is COc1cc(CCCCO[C@@H]2CCN(C(C(=O)O)c3cc(C)ccc3C3CCC(C)(C)CC3)C2)nc2c1CCCC2. The maximum absolute atomic E-state index is 12.7. The van der Waals surface area contributed by atoms with Crippen molar-refractivity contribution in [3.8, 4) is 5.75 Å². The molecule has 1 N–H and O–H groups in total. The first-order valence-electron chi connectivity index (χ1n) is 16.0. The van der Waals surface area contributed by atoms with Crippen molar-refractivity contribution in [2.24, 2.45) is 5.41 Å². The van der Waals surface area contributed by atoms with Crippen molar-refractivity contribution < 1.29 is 19.4 Å². The van der Waals surface area contributed by atoms with Crippen molar-refractivity contribution >= 4 is 5.97 Å². The smallest absolute Gasteiger partial charge is 0.325 e. The molecule has 1 aliphatic heterocycles. The molecule has 1 saturated heterocycles. The summed E-state index contributed by atoms with van der Waals surface area (Å²) in [6.45, 7) is 8.91. The Bertz CT molecular complexity index is 1180. The number of ether oxygens (including phenoxy) is 2. The number of aryl methyl sites for hydroxylation is 3. The van der Waals surface area contributed by atoms with Crippen LogP contribution in [0.15, 0.2) is 24.3 Å². The monoisotopic (exact) mass is 562 g/mol. The van der Waals surface area contributed by atoms with E-state index in [4.69, 9.17) is 14.5 Å². The van der Waals surface area contributed by atoms with Crippen LogP contribution in [0.3, 0.4) is 0 Å². The molecular weight excluding hydrogens is 512 g/mol. The van der Waals surface area contributed by atoms with Gasteiger partial charge in [0.2, 0.25) is 0 Å². The Morgan fingerprint density at radius 2 is 1.90 bits per heavy atom. The van der Waals surface area contributed by atoms with E-state index in [1.807, 2.05) is 0 Å². The van der Waals surface area contributed by atoms with Crippen LogP contribution >= 0.6 is 0 Å². The molecule has 0 amide bonds. The minimum absolute atomic E-state index is 0.0857. The minimum atomic E-state index is -0.749. The number of carboxylic acids is 1. The molecule has 1 aromatic carbocycles. The lowest BCUT2D eigenvalue weighted by atomic mass is 9.70. The van der Waals surface area contributed by atoms with Crippen LogP contribution in [0.4, 0.5) is 0 Å². The lowest BCUT2D eigenvalue weighted by Crippen LogP contribution is -2.34. The van der Waals surface area contributed by atoms with Gasteiger partial charge in [-0.25, -0.2) is 0 Å². The van der Waals surface area contributed by atoms with Crippen molar-refractivity contribution in [3.05, 3.63) is 57.9 Å². The van der Waals surface area contributed by atoms with Crippen LogP contribution in [-0.4, -0.2) is 53.9 Å². The number of hydrogen-bond donors (Lipinski definition) is 1. The van der Waals surface area contributed by atoms with E-state index in [0.717, 1.165) is 80.5 Å². The van der Waals surface area contributed by atoms with Gasteiger partial charge in [-0.05, 0) is 106 Å². The van der Waals surface area contributed by atoms with Crippen LogP contribution in [0.5, 0.6) is 5.75 Å². The van der Waals surface area contributed by atoms with Crippen molar-refractivity contribution in [1.82, 2.24) is 9.88 Å². The number of aromatic nitrogens is 1. The lowest BCUT2D eigenvalue weighted by Gasteiger charge is -2.36. The van der Waals surface area contributed by atoms with Crippen LogP contribution in [0, 0.1) is 12.3 Å². The summed E-state index contributed by atoms with van der Waals surface area (Å²) >= 11 is 0. The quantitative estimate of drug-likeness (QED) is 0.292. The summed E-state index contributed by atoms with van der Waals surface area (Å²) < 4.78 is 12.0. The second-order valence-electron chi connectivity index (χ2n) is 13.5. The van der Waals surface area contributed by atoms with Crippen molar-refractivity contribution in [3.63, 3.8) is 0 Å². The van der Waals surface area contributed by atoms with Gasteiger partial charge in [-0.3, -0.25) is 14.7 Å². The van der Waals surface area contributed by atoms with E-state index in [1.54, 1.807) is 7.11 Å². The average molecular weight is 563 g/mol. The fourth-order valence-electron chi connectivity index (χ4n) is 7.31. The lowest BCUT2D eigenvalue weighted by molar-refractivity contribution is -0.143. The molecule has 224 valence electrons. The number of carboxylic acid groups (broad SMARTS) is 1. The Labute approximate surface area is 246 Å². The van der Waals surface area contributed by atoms with Gasteiger partial charge in [0.25, 0.3) is 0 Å². The summed E-state index contributed by atoms with van der Waals surface area (Å²) in [7, 11) is 1.76. The van der Waals surface area contributed by atoms with Crippen molar-refractivity contribution in [2.75, 3.05) is 26.8 Å². The molecule has 6 nitrogen and oxygen atoms in total. The van der Waals surface area contributed by atoms with E-state index in [1.165, 1.54) is 42.5 Å². The largest absolute Gasteiger partial charge is 0.496 e. The van der Waals surface area contributed by atoms with Gasteiger partial charge in [0.1, 0.15) is 11.8 Å². The number of rotatable bonds is 11. The molecule has 6 heteroatoms. The number of carbonyl (C=O) groups is 1. The van der Waals surface area contributed by atoms with Crippen LogP contribution in [-0.2, 0) is 28.8 Å². The molecule has 2 heterocycles. The number of fused-ring (bicyclic) bond motifs is 1. The van der Waals surface area contributed by atoms with Crippen LogP contribution in [0.2, 0.25) is 0 Å². The first-order valence-corrected chi connectivity index (χ1v) is 16.0. The third kappa shape index (κ3) is 7.32. The van der Waals surface area contributed by atoms with Crippen LogP contribution in [0.25, 0.3) is 0 Å². The zero-order valence-electron chi connectivity index (χ0n) is 25.7. The highest BCUT2D eigenvalue weighted by Gasteiger charge is 2.37.